The van der Waals surface area contributed by atoms with Gasteiger partial charge in [-0.15, -0.1) is 0 Å². The molecule has 0 saturated heterocycles. The summed E-state index contributed by atoms with van der Waals surface area (Å²) in [6.45, 7) is 4.21. The van der Waals surface area contributed by atoms with Crippen molar-refractivity contribution in [2.45, 2.75) is 32.7 Å². The number of hydrogen-bond acceptors (Lipinski definition) is 4. The first-order valence-corrected chi connectivity index (χ1v) is 9.92. The molecule has 0 aliphatic carbocycles. The lowest BCUT2D eigenvalue weighted by atomic mass is 9.93. The Balaban J connectivity index is 2.02. The summed E-state index contributed by atoms with van der Waals surface area (Å²) >= 11 is 6.59. The summed E-state index contributed by atoms with van der Waals surface area (Å²) in [5.74, 6) is 0.384. The number of nitrogens with one attached hydrogen (secondary N) is 1. The summed E-state index contributed by atoms with van der Waals surface area (Å²) < 4.78 is 7.48. The molecule has 0 bridgehead atoms. The van der Waals surface area contributed by atoms with Crippen molar-refractivity contribution in [3.05, 3.63) is 70.4 Å². The standard InChI is InChI=1S/C22H22ClN3O2/c1-3-9-17-19(21(27)28-4-2)20(14-10-5-6-11-15(14)23)26-18-13-8-7-12-16(18)24-22(26)25-17/h5-8,10-13,20H,3-4,9H2,1-2H3,(H,24,25)/t20-/m1/s1. The van der Waals surface area contributed by atoms with E-state index in [1.54, 1.807) is 0 Å². The van der Waals surface area contributed by atoms with Gasteiger partial charge in [-0.1, -0.05) is 55.3 Å². The summed E-state index contributed by atoms with van der Waals surface area (Å²) in [4.78, 5) is 17.8. The number of aromatic nitrogens is 2. The molecular weight excluding hydrogens is 374 g/mol. The Hall–Kier alpha value is -2.79. The van der Waals surface area contributed by atoms with Gasteiger partial charge in [0.05, 0.1) is 29.3 Å². The van der Waals surface area contributed by atoms with Gasteiger partial charge in [0.25, 0.3) is 0 Å². The van der Waals surface area contributed by atoms with Crippen LogP contribution < -0.4 is 5.32 Å². The van der Waals surface area contributed by atoms with Crippen LogP contribution in [0.3, 0.4) is 0 Å². The maximum Gasteiger partial charge on any atom is 0.338 e. The van der Waals surface area contributed by atoms with Crippen LogP contribution in [-0.4, -0.2) is 22.1 Å². The minimum absolute atomic E-state index is 0.314. The molecule has 0 amide bonds. The van der Waals surface area contributed by atoms with Crippen molar-refractivity contribution >= 4 is 34.6 Å². The number of hydrogen-bond donors (Lipinski definition) is 1. The molecule has 1 aliphatic rings. The van der Waals surface area contributed by atoms with Crippen LogP contribution in [0.1, 0.15) is 38.3 Å². The van der Waals surface area contributed by atoms with Gasteiger partial charge in [-0.2, -0.15) is 0 Å². The second kappa shape index (κ2) is 7.68. The average Bonchev–Trinajstić information content (AvgIpc) is 3.06. The predicted octanol–water partition coefficient (Wildman–Crippen LogP) is 5.32. The van der Waals surface area contributed by atoms with E-state index in [4.69, 9.17) is 21.3 Å². The van der Waals surface area contributed by atoms with E-state index >= 15 is 0 Å². The maximum absolute atomic E-state index is 13.0. The van der Waals surface area contributed by atoms with Gasteiger partial charge >= 0.3 is 5.97 Å². The zero-order valence-corrected chi connectivity index (χ0v) is 16.7. The molecule has 0 radical (unpaired) electrons. The SMILES string of the molecule is CCCC1=C(C(=O)OCC)[C@@H](c2ccccc2Cl)n2c(nc3ccccc32)N1. The molecule has 0 unspecified atom stereocenters. The van der Waals surface area contributed by atoms with E-state index in [2.05, 4.69) is 12.2 Å². The number of fused-ring (bicyclic) bond motifs is 3. The molecule has 1 N–H and O–H groups in total. The first-order chi connectivity index (χ1) is 13.7. The van der Waals surface area contributed by atoms with Gasteiger partial charge in [0.15, 0.2) is 0 Å². The van der Waals surface area contributed by atoms with Crippen LogP contribution in [0.15, 0.2) is 59.8 Å². The number of imidazole rings is 1. The van der Waals surface area contributed by atoms with E-state index in [1.165, 1.54) is 0 Å². The van der Waals surface area contributed by atoms with Gasteiger partial charge in [0, 0.05) is 10.7 Å². The highest BCUT2D eigenvalue weighted by Crippen LogP contribution is 2.42. The average molecular weight is 396 g/mol. The Morgan fingerprint density at radius 3 is 2.68 bits per heavy atom. The van der Waals surface area contributed by atoms with Crippen LogP contribution in [0.25, 0.3) is 11.0 Å². The molecule has 144 valence electrons. The van der Waals surface area contributed by atoms with Crippen LogP contribution in [0.2, 0.25) is 5.02 Å². The Kier molecular flexibility index (Phi) is 5.09. The van der Waals surface area contributed by atoms with Crippen molar-refractivity contribution in [2.24, 2.45) is 0 Å². The number of anilines is 1. The lowest BCUT2D eigenvalue weighted by molar-refractivity contribution is -0.139. The highest BCUT2D eigenvalue weighted by atomic mass is 35.5. The number of carbonyl (C=O) groups is 1. The molecule has 2 heterocycles. The van der Waals surface area contributed by atoms with E-state index < -0.39 is 6.04 Å². The first-order valence-electron chi connectivity index (χ1n) is 9.54. The smallest absolute Gasteiger partial charge is 0.338 e. The van der Waals surface area contributed by atoms with Crippen molar-refractivity contribution in [2.75, 3.05) is 11.9 Å². The van der Waals surface area contributed by atoms with Gasteiger partial charge in [-0.25, -0.2) is 9.78 Å². The number of nitrogens with zero attached hydrogens (tertiary/aromatic N) is 2. The highest BCUT2D eigenvalue weighted by molar-refractivity contribution is 6.31. The normalized spacial score (nSPS) is 16.0. The molecule has 1 aliphatic heterocycles. The second-order valence-corrected chi connectivity index (χ2v) is 7.11. The van der Waals surface area contributed by atoms with Gasteiger partial charge < -0.3 is 10.1 Å². The molecule has 1 aromatic heterocycles. The van der Waals surface area contributed by atoms with Gasteiger partial charge in [-0.3, -0.25) is 4.57 Å². The van der Waals surface area contributed by atoms with Crippen molar-refractivity contribution in [1.82, 2.24) is 9.55 Å². The topological polar surface area (TPSA) is 56.2 Å². The summed E-state index contributed by atoms with van der Waals surface area (Å²) in [6.07, 6.45) is 1.61. The zero-order valence-electron chi connectivity index (χ0n) is 15.9. The van der Waals surface area contributed by atoms with Crippen molar-refractivity contribution in [3.63, 3.8) is 0 Å². The molecule has 5 nitrogen and oxygen atoms in total. The van der Waals surface area contributed by atoms with E-state index in [-0.39, 0.29) is 5.97 Å². The summed E-state index contributed by atoms with van der Waals surface area (Å²) in [5, 5.41) is 3.99. The number of esters is 1. The van der Waals surface area contributed by atoms with Gasteiger partial charge in [-0.05, 0) is 37.1 Å². The van der Waals surface area contributed by atoms with Crippen molar-refractivity contribution < 1.29 is 9.53 Å². The fourth-order valence-corrected chi connectivity index (χ4v) is 4.01. The number of carbonyl (C=O) groups excluding carboxylic acids is 1. The summed E-state index contributed by atoms with van der Waals surface area (Å²) in [5.41, 5.74) is 4.09. The number of allylic oxidation sites excluding steroid dienone is 1. The van der Waals surface area contributed by atoms with E-state index in [0.29, 0.717) is 23.2 Å². The fraction of sp³-hybridized carbons (Fsp3) is 0.273. The monoisotopic (exact) mass is 395 g/mol. The number of rotatable bonds is 5. The number of benzene rings is 2. The van der Waals surface area contributed by atoms with E-state index in [9.17, 15) is 4.79 Å². The van der Waals surface area contributed by atoms with Crippen LogP contribution in [0.4, 0.5) is 5.95 Å². The van der Waals surface area contributed by atoms with E-state index in [1.807, 2.05) is 60.0 Å². The number of para-hydroxylation sites is 2. The van der Waals surface area contributed by atoms with Crippen molar-refractivity contribution in [1.29, 1.82) is 0 Å². The van der Waals surface area contributed by atoms with Crippen LogP contribution in [0, 0.1) is 0 Å². The van der Waals surface area contributed by atoms with Crippen LogP contribution >= 0.6 is 11.6 Å². The summed E-state index contributed by atoms with van der Waals surface area (Å²) in [6, 6.07) is 15.1. The van der Waals surface area contributed by atoms with Gasteiger partial charge in [0.1, 0.15) is 0 Å². The molecule has 1 atom stereocenters. The molecule has 6 heteroatoms. The molecule has 0 saturated carbocycles. The Morgan fingerprint density at radius 1 is 1.18 bits per heavy atom. The molecule has 28 heavy (non-hydrogen) atoms. The summed E-state index contributed by atoms with van der Waals surface area (Å²) in [7, 11) is 0. The lowest BCUT2D eigenvalue weighted by Crippen LogP contribution is -2.30. The minimum atomic E-state index is -0.405. The largest absolute Gasteiger partial charge is 0.463 e. The van der Waals surface area contributed by atoms with Crippen molar-refractivity contribution in [3.8, 4) is 0 Å². The molecular formula is C22H22ClN3O2. The molecule has 2 aromatic carbocycles. The molecule has 3 aromatic rings. The van der Waals surface area contributed by atoms with Crippen LogP contribution in [-0.2, 0) is 9.53 Å². The third-order valence-corrected chi connectivity index (χ3v) is 5.25. The number of ether oxygens (including phenoxy) is 1. The molecule has 0 fully saturated rings. The third-order valence-electron chi connectivity index (χ3n) is 4.91. The quantitative estimate of drug-likeness (QED) is 0.594. The Bertz CT molecular complexity index is 1070. The number of halogens is 1. The highest BCUT2D eigenvalue weighted by Gasteiger charge is 2.36. The zero-order chi connectivity index (χ0) is 19.7. The first kappa shape index (κ1) is 18.6. The lowest BCUT2D eigenvalue weighted by Gasteiger charge is -2.31. The third kappa shape index (κ3) is 3.06. The minimum Gasteiger partial charge on any atom is -0.463 e. The van der Waals surface area contributed by atoms with E-state index in [0.717, 1.165) is 35.1 Å². The second-order valence-electron chi connectivity index (χ2n) is 6.71. The van der Waals surface area contributed by atoms with Crippen LogP contribution in [0.5, 0.6) is 0 Å². The molecule has 4 rings (SSSR count). The molecule has 0 spiro atoms. The maximum atomic E-state index is 13.0. The van der Waals surface area contributed by atoms with Gasteiger partial charge in [0.2, 0.25) is 5.95 Å². The Morgan fingerprint density at radius 2 is 1.93 bits per heavy atom. The predicted molar refractivity (Wildman–Crippen MR) is 112 cm³/mol. The Labute approximate surface area is 169 Å². The fourth-order valence-electron chi connectivity index (χ4n) is 3.77.